The standard InChI is InChI=1S/C11H8N4OS/c1-7-5-14-11(17-7)15-10(16)9-3-2-8(4-12)6-13-9/h2-3,5-6H,1H3,(H,14,15,16). The minimum absolute atomic E-state index is 0.261. The van der Waals surface area contributed by atoms with Gasteiger partial charge in [0.05, 0.1) is 5.56 Å². The predicted molar refractivity (Wildman–Crippen MR) is 63.8 cm³/mol. The second-order valence-corrected chi connectivity index (χ2v) is 4.51. The van der Waals surface area contributed by atoms with Gasteiger partial charge in [-0.05, 0) is 19.1 Å². The van der Waals surface area contributed by atoms with Crippen LogP contribution in [0.4, 0.5) is 5.13 Å². The molecule has 2 aromatic rings. The molecule has 5 nitrogen and oxygen atoms in total. The van der Waals surface area contributed by atoms with E-state index in [9.17, 15) is 4.79 Å². The molecule has 1 amide bonds. The van der Waals surface area contributed by atoms with Crippen LogP contribution in [0.2, 0.25) is 0 Å². The number of carbonyl (C=O) groups is 1. The summed E-state index contributed by atoms with van der Waals surface area (Å²) in [6.45, 7) is 1.91. The van der Waals surface area contributed by atoms with Gasteiger partial charge >= 0.3 is 0 Å². The lowest BCUT2D eigenvalue weighted by Gasteiger charge is -2.00. The summed E-state index contributed by atoms with van der Waals surface area (Å²) in [5.74, 6) is -0.330. The Labute approximate surface area is 102 Å². The Hall–Kier alpha value is -2.26. The normalized spacial score (nSPS) is 9.65. The number of nitriles is 1. The monoisotopic (exact) mass is 244 g/mol. The van der Waals surface area contributed by atoms with Crippen LogP contribution in [0, 0.1) is 18.3 Å². The molecule has 2 rings (SSSR count). The van der Waals surface area contributed by atoms with E-state index < -0.39 is 0 Å². The zero-order chi connectivity index (χ0) is 12.3. The first-order valence-corrected chi connectivity index (χ1v) is 5.60. The van der Waals surface area contributed by atoms with Crippen molar-refractivity contribution in [1.29, 1.82) is 5.26 Å². The highest BCUT2D eigenvalue weighted by molar-refractivity contribution is 7.15. The molecule has 0 aliphatic rings. The van der Waals surface area contributed by atoms with Crippen LogP contribution in [0.15, 0.2) is 24.5 Å². The van der Waals surface area contributed by atoms with Crippen LogP contribution in [-0.4, -0.2) is 15.9 Å². The van der Waals surface area contributed by atoms with Crippen LogP contribution in [0.5, 0.6) is 0 Å². The number of pyridine rings is 1. The summed E-state index contributed by atoms with van der Waals surface area (Å²) >= 11 is 1.40. The number of amides is 1. The third kappa shape index (κ3) is 2.65. The van der Waals surface area contributed by atoms with Crippen LogP contribution >= 0.6 is 11.3 Å². The number of hydrogen-bond acceptors (Lipinski definition) is 5. The summed E-state index contributed by atoms with van der Waals surface area (Å²) in [4.78, 5) is 20.7. The van der Waals surface area contributed by atoms with Crippen molar-refractivity contribution in [3.8, 4) is 6.07 Å². The van der Waals surface area contributed by atoms with Crippen molar-refractivity contribution in [1.82, 2.24) is 9.97 Å². The van der Waals surface area contributed by atoms with E-state index in [0.717, 1.165) is 4.88 Å². The molecular formula is C11H8N4OS. The Morgan fingerprint density at radius 1 is 1.41 bits per heavy atom. The highest BCUT2D eigenvalue weighted by Gasteiger charge is 2.09. The van der Waals surface area contributed by atoms with Crippen LogP contribution < -0.4 is 5.32 Å². The number of carbonyl (C=O) groups excluding carboxylic acids is 1. The van der Waals surface area contributed by atoms with Gasteiger partial charge in [0.25, 0.3) is 5.91 Å². The molecule has 0 aliphatic heterocycles. The number of nitrogens with one attached hydrogen (secondary N) is 1. The quantitative estimate of drug-likeness (QED) is 0.875. The van der Waals surface area contributed by atoms with E-state index in [-0.39, 0.29) is 11.6 Å². The average molecular weight is 244 g/mol. The molecular weight excluding hydrogens is 236 g/mol. The van der Waals surface area contributed by atoms with Crippen LogP contribution in [0.1, 0.15) is 20.9 Å². The summed E-state index contributed by atoms with van der Waals surface area (Å²) in [6, 6.07) is 5.00. The highest BCUT2D eigenvalue weighted by Crippen LogP contribution is 2.17. The molecule has 84 valence electrons. The van der Waals surface area contributed by atoms with E-state index in [0.29, 0.717) is 10.7 Å². The fourth-order valence-electron chi connectivity index (χ4n) is 1.17. The number of thiazole rings is 1. The number of nitrogens with zero attached hydrogens (tertiary/aromatic N) is 3. The highest BCUT2D eigenvalue weighted by atomic mass is 32.1. The Balaban J connectivity index is 2.12. The van der Waals surface area contributed by atoms with E-state index in [1.54, 1.807) is 12.3 Å². The first kappa shape index (κ1) is 11.2. The van der Waals surface area contributed by atoms with Crippen LogP contribution in [0.25, 0.3) is 0 Å². The number of anilines is 1. The second-order valence-electron chi connectivity index (χ2n) is 3.27. The van der Waals surface area contributed by atoms with Crippen LogP contribution in [-0.2, 0) is 0 Å². The Kier molecular flexibility index (Phi) is 3.12. The molecule has 0 spiro atoms. The molecule has 0 aromatic carbocycles. The summed E-state index contributed by atoms with van der Waals surface area (Å²) in [6.07, 6.45) is 3.05. The molecule has 0 unspecified atom stereocenters. The lowest BCUT2D eigenvalue weighted by Crippen LogP contribution is -2.13. The lowest BCUT2D eigenvalue weighted by atomic mass is 10.2. The molecule has 0 bridgehead atoms. The van der Waals surface area contributed by atoms with E-state index in [1.807, 2.05) is 13.0 Å². The Morgan fingerprint density at radius 2 is 2.24 bits per heavy atom. The molecule has 2 heterocycles. The van der Waals surface area contributed by atoms with Gasteiger partial charge in [0, 0.05) is 17.3 Å². The Morgan fingerprint density at radius 3 is 2.76 bits per heavy atom. The number of aromatic nitrogens is 2. The fraction of sp³-hybridized carbons (Fsp3) is 0.0909. The van der Waals surface area contributed by atoms with Crippen molar-refractivity contribution in [3.05, 3.63) is 40.7 Å². The molecule has 0 atom stereocenters. The van der Waals surface area contributed by atoms with Gasteiger partial charge < -0.3 is 0 Å². The number of hydrogen-bond donors (Lipinski definition) is 1. The smallest absolute Gasteiger partial charge is 0.276 e. The number of rotatable bonds is 2. The van der Waals surface area contributed by atoms with Gasteiger partial charge in [-0.25, -0.2) is 9.97 Å². The molecule has 0 aliphatic carbocycles. The summed E-state index contributed by atoms with van der Waals surface area (Å²) in [5, 5.41) is 11.8. The van der Waals surface area contributed by atoms with Gasteiger partial charge in [0.1, 0.15) is 11.8 Å². The molecule has 0 saturated carbocycles. The second kappa shape index (κ2) is 4.72. The van der Waals surface area contributed by atoms with Crippen molar-refractivity contribution in [2.24, 2.45) is 0 Å². The lowest BCUT2D eigenvalue weighted by molar-refractivity contribution is 0.102. The Bertz CT molecular complexity index is 582. The van der Waals surface area contributed by atoms with Crippen molar-refractivity contribution in [2.45, 2.75) is 6.92 Å². The predicted octanol–water partition coefficient (Wildman–Crippen LogP) is 1.97. The molecule has 6 heteroatoms. The molecule has 17 heavy (non-hydrogen) atoms. The van der Waals surface area contributed by atoms with Gasteiger partial charge in [0.2, 0.25) is 0 Å². The van der Waals surface area contributed by atoms with Crippen molar-refractivity contribution < 1.29 is 4.79 Å². The molecule has 0 saturated heterocycles. The fourth-order valence-corrected chi connectivity index (χ4v) is 1.83. The van der Waals surface area contributed by atoms with Crippen molar-refractivity contribution in [3.63, 3.8) is 0 Å². The molecule has 0 radical (unpaired) electrons. The van der Waals surface area contributed by atoms with E-state index >= 15 is 0 Å². The van der Waals surface area contributed by atoms with Gasteiger partial charge in [0.15, 0.2) is 5.13 Å². The van der Waals surface area contributed by atoms with E-state index in [2.05, 4.69) is 15.3 Å². The minimum atomic E-state index is -0.330. The van der Waals surface area contributed by atoms with Crippen molar-refractivity contribution in [2.75, 3.05) is 5.32 Å². The van der Waals surface area contributed by atoms with Gasteiger partial charge in [-0.1, -0.05) is 0 Å². The van der Waals surface area contributed by atoms with Crippen LogP contribution in [0.3, 0.4) is 0 Å². The third-order valence-corrected chi connectivity index (χ3v) is 2.80. The minimum Gasteiger partial charge on any atom is -0.296 e. The third-order valence-electron chi connectivity index (χ3n) is 1.97. The zero-order valence-corrected chi connectivity index (χ0v) is 9.78. The summed E-state index contributed by atoms with van der Waals surface area (Å²) < 4.78 is 0. The SMILES string of the molecule is Cc1cnc(NC(=O)c2ccc(C#N)cn2)s1. The van der Waals surface area contributed by atoms with E-state index in [4.69, 9.17) is 5.26 Å². The van der Waals surface area contributed by atoms with Gasteiger partial charge in [-0.15, -0.1) is 11.3 Å². The maximum Gasteiger partial charge on any atom is 0.276 e. The topological polar surface area (TPSA) is 78.7 Å². The van der Waals surface area contributed by atoms with Crippen molar-refractivity contribution >= 4 is 22.4 Å². The van der Waals surface area contributed by atoms with E-state index in [1.165, 1.54) is 23.6 Å². The maximum atomic E-state index is 11.7. The summed E-state index contributed by atoms with van der Waals surface area (Å²) in [7, 11) is 0. The first-order chi connectivity index (χ1) is 8.19. The molecule has 2 aromatic heterocycles. The molecule has 0 fully saturated rings. The molecule has 1 N–H and O–H groups in total. The first-order valence-electron chi connectivity index (χ1n) is 4.79. The van der Waals surface area contributed by atoms with Gasteiger partial charge in [-0.2, -0.15) is 5.26 Å². The summed E-state index contributed by atoms with van der Waals surface area (Å²) in [5.41, 5.74) is 0.684. The maximum absolute atomic E-state index is 11.7. The zero-order valence-electron chi connectivity index (χ0n) is 8.97. The number of aryl methyl sites for hydroxylation is 1. The largest absolute Gasteiger partial charge is 0.296 e. The van der Waals surface area contributed by atoms with Gasteiger partial charge in [-0.3, -0.25) is 10.1 Å². The average Bonchev–Trinajstić information content (AvgIpc) is 2.75.